The number of pyridine rings is 1. The van der Waals surface area contributed by atoms with Crippen molar-refractivity contribution in [3.8, 4) is 0 Å². The molecular weight excluding hydrogens is 402 g/mol. The molecule has 2 aromatic carbocycles. The zero-order valence-corrected chi connectivity index (χ0v) is 17.9. The lowest BCUT2D eigenvalue weighted by molar-refractivity contribution is -0.133. The third kappa shape index (κ3) is 4.11. The van der Waals surface area contributed by atoms with Crippen LogP contribution in [0.5, 0.6) is 0 Å². The number of benzene rings is 2. The van der Waals surface area contributed by atoms with Gasteiger partial charge in [0.05, 0.1) is 22.7 Å². The lowest BCUT2D eigenvalue weighted by Gasteiger charge is -2.35. The summed E-state index contributed by atoms with van der Waals surface area (Å²) in [7, 11) is 0. The van der Waals surface area contributed by atoms with Gasteiger partial charge in [-0.2, -0.15) is 0 Å². The maximum Gasteiger partial charge on any atom is 0.261 e. The molecule has 5 rings (SSSR count). The molecule has 0 atom stereocenters. The molecule has 162 valence electrons. The Labute approximate surface area is 185 Å². The molecule has 1 aliphatic rings. The average molecular weight is 428 g/mol. The number of carbonyl (C=O) groups is 1. The van der Waals surface area contributed by atoms with Crippen molar-refractivity contribution in [3.05, 3.63) is 83.0 Å². The molecule has 0 spiro atoms. The molecule has 0 N–H and O–H groups in total. The maximum atomic E-state index is 12.7. The molecule has 0 unspecified atom stereocenters. The predicted molar refractivity (Wildman–Crippen MR) is 124 cm³/mol. The molecule has 1 fully saturated rings. The lowest BCUT2D eigenvalue weighted by atomic mass is 10.1. The number of aryl methyl sites for hydroxylation is 1. The minimum atomic E-state index is -0.100. The van der Waals surface area contributed by atoms with Crippen LogP contribution in [0.3, 0.4) is 0 Å². The van der Waals surface area contributed by atoms with Crippen LogP contribution in [0.4, 0.5) is 0 Å². The molecule has 0 bridgehead atoms. The Morgan fingerprint density at radius 3 is 2.59 bits per heavy atom. The van der Waals surface area contributed by atoms with Gasteiger partial charge in [-0.1, -0.05) is 36.4 Å². The van der Waals surface area contributed by atoms with Crippen LogP contribution in [0, 0.1) is 0 Å². The SMILES string of the molecule is O=C(CCn1cnc2ccccc2c1=O)N1CCN(Cc2cccc3cccnc23)CC1. The summed E-state index contributed by atoms with van der Waals surface area (Å²) in [5.74, 6) is 0.0801. The third-order valence-electron chi connectivity index (χ3n) is 6.13. The predicted octanol–water partition coefficient (Wildman–Crippen LogP) is 2.68. The van der Waals surface area contributed by atoms with Crippen LogP contribution in [0.2, 0.25) is 0 Å². The Morgan fingerprint density at radius 2 is 1.72 bits per heavy atom. The van der Waals surface area contributed by atoms with Gasteiger partial charge in [-0.05, 0) is 23.8 Å². The fourth-order valence-corrected chi connectivity index (χ4v) is 4.33. The highest BCUT2D eigenvalue weighted by molar-refractivity contribution is 5.81. The molecule has 7 heteroatoms. The smallest absolute Gasteiger partial charge is 0.261 e. The Hall–Kier alpha value is -3.58. The third-order valence-corrected chi connectivity index (χ3v) is 6.13. The molecular formula is C25H25N5O2. The molecule has 32 heavy (non-hydrogen) atoms. The van der Waals surface area contributed by atoms with Crippen molar-refractivity contribution in [1.82, 2.24) is 24.3 Å². The second-order valence-corrected chi connectivity index (χ2v) is 8.16. The van der Waals surface area contributed by atoms with Crippen molar-refractivity contribution >= 4 is 27.7 Å². The molecule has 0 aliphatic carbocycles. The van der Waals surface area contributed by atoms with E-state index >= 15 is 0 Å². The first-order chi connectivity index (χ1) is 15.7. The van der Waals surface area contributed by atoms with E-state index in [2.05, 4.69) is 39.1 Å². The van der Waals surface area contributed by atoms with Crippen molar-refractivity contribution in [2.75, 3.05) is 26.2 Å². The Bertz CT molecular complexity index is 1320. The van der Waals surface area contributed by atoms with E-state index in [4.69, 9.17) is 0 Å². The molecule has 7 nitrogen and oxygen atoms in total. The highest BCUT2D eigenvalue weighted by Gasteiger charge is 2.21. The summed E-state index contributed by atoms with van der Waals surface area (Å²) in [5.41, 5.74) is 2.84. The number of rotatable bonds is 5. The summed E-state index contributed by atoms with van der Waals surface area (Å²) < 4.78 is 1.53. The van der Waals surface area contributed by atoms with E-state index in [0.717, 1.165) is 30.5 Å². The summed E-state index contributed by atoms with van der Waals surface area (Å²) >= 11 is 0. The van der Waals surface area contributed by atoms with Gasteiger partial charge >= 0.3 is 0 Å². The van der Waals surface area contributed by atoms with Crippen LogP contribution in [-0.2, 0) is 17.9 Å². The van der Waals surface area contributed by atoms with Crippen molar-refractivity contribution in [3.63, 3.8) is 0 Å². The van der Waals surface area contributed by atoms with Crippen molar-refractivity contribution in [2.24, 2.45) is 0 Å². The van der Waals surface area contributed by atoms with Crippen molar-refractivity contribution in [1.29, 1.82) is 0 Å². The van der Waals surface area contributed by atoms with Crippen LogP contribution in [0.25, 0.3) is 21.8 Å². The maximum absolute atomic E-state index is 12.7. The summed E-state index contributed by atoms with van der Waals surface area (Å²) in [4.78, 5) is 38.5. The minimum absolute atomic E-state index is 0.0801. The van der Waals surface area contributed by atoms with Gasteiger partial charge in [0.2, 0.25) is 5.91 Å². The van der Waals surface area contributed by atoms with Crippen LogP contribution in [0.15, 0.2) is 71.9 Å². The number of hydrogen-bond acceptors (Lipinski definition) is 5. The van der Waals surface area contributed by atoms with E-state index in [1.54, 1.807) is 6.07 Å². The van der Waals surface area contributed by atoms with Gasteiger partial charge in [-0.25, -0.2) is 4.98 Å². The van der Waals surface area contributed by atoms with Crippen LogP contribution >= 0.6 is 0 Å². The molecule has 1 saturated heterocycles. The molecule has 0 radical (unpaired) electrons. The number of nitrogens with zero attached hydrogens (tertiary/aromatic N) is 5. The number of para-hydroxylation sites is 2. The van der Waals surface area contributed by atoms with E-state index < -0.39 is 0 Å². The number of carbonyl (C=O) groups excluding carboxylic acids is 1. The zero-order valence-electron chi connectivity index (χ0n) is 17.9. The normalized spacial score (nSPS) is 14.8. The van der Waals surface area contributed by atoms with Crippen molar-refractivity contribution in [2.45, 2.75) is 19.5 Å². The molecule has 1 amide bonds. The van der Waals surface area contributed by atoms with Gasteiger partial charge in [0.1, 0.15) is 0 Å². The monoisotopic (exact) mass is 427 g/mol. The van der Waals surface area contributed by atoms with Gasteiger partial charge in [-0.15, -0.1) is 0 Å². The van der Waals surface area contributed by atoms with E-state index in [1.807, 2.05) is 35.4 Å². The van der Waals surface area contributed by atoms with Crippen molar-refractivity contribution < 1.29 is 4.79 Å². The van der Waals surface area contributed by atoms with Gasteiger partial charge in [0.15, 0.2) is 0 Å². The summed E-state index contributed by atoms with van der Waals surface area (Å²) in [6.07, 6.45) is 3.67. The quantitative estimate of drug-likeness (QED) is 0.490. The van der Waals surface area contributed by atoms with Gasteiger partial charge in [0, 0.05) is 57.3 Å². The standard InChI is InChI=1S/C25H25N5O2/c31-23(10-12-30-18-27-22-9-2-1-8-21(22)25(30)32)29-15-13-28(14-16-29)17-20-6-3-5-19-7-4-11-26-24(19)20/h1-9,11,18H,10,12-17H2. The molecule has 3 heterocycles. The molecule has 1 aliphatic heterocycles. The van der Waals surface area contributed by atoms with E-state index in [-0.39, 0.29) is 11.5 Å². The molecule has 4 aromatic rings. The Balaban J connectivity index is 1.17. The minimum Gasteiger partial charge on any atom is -0.340 e. The first kappa shape index (κ1) is 20.3. The van der Waals surface area contributed by atoms with Crippen LogP contribution in [0.1, 0.15) is 12.0 Å². The van der Waals surface area contributed by atoms with Gasteiger partial charge in [0.25, 0.3) is 5.56 Å². The molecule has 2 aromatic heterocycles. The van der Waals surface area contributed by atoms with Gasteiger partial charge < -0.3 is 4.90 Å². The highest BCUT2D eigenvalue weighted by Crippen LogP contribution is 2.18. The number of aromatic nitrogens is 3. The van der Waals surface area contributed by atoms with Gasteiger partial charge in [-0.3, -0.25) is 24.0 Å². The highest BCUT2D eigenvalue weighted by atomic mass is 16.2. The summed E-state index contributed by atoms with van der Waals surface area (Å²) in [6, 6.07) is 17.6. The van der Waals surface area contributed by atoms with E-state index in [9.17, 15) is 9.59 Å². The second-order valence-electron chi connectivity index (χ2n) is 8.16. The number of hydrogen-bond donors (Lipinski definition) is 0. The van der Waals surface area contributed by atoms with Crippen LogP contribution in [-0.4, -0.2) is 56.4 Å². The number of piperazine rings is 1. The fraction of sp³-hybridized carbons (Fsp3) is 0.280. The topological polar surface area (TPSA) is 71.3 Å². The average Bonchev–Trinajstić information content (AvgIpc) is 2.84. The summed E-state index contributed by atoms with van der Waals surface area (Å²) in [6.45, 7) is 4.22. The summed E-state index contributed by atoms with van der Waals surface area (Å²) in [5, 5.41) is 1.73. The van der Waals surface area contributed by atoms with Crippen LogP contribution < -0.4 is 5.56 Å². The zero-order chi connectivity index (χ0) is 21.9. The van der Waals surface area contributed by atoms with E-state index in [1.165, 1.54) is 16.5 Å². The second kappa shape index (κ2) is 8.88. The number of fused-ring (bicyclic) bond motifs is 2. The van der Waals surface area contributed by atoms with E-state index in [0.29, 0.717) is 37.0 Å². The Morgan fingerprint density at radius 1 is 0.906 bits per heavy atom. The first-order valence-corrected chi connectivity index (χ1v) is 11.0. The fourth-order valence-electron chi connectivity index (χ4n) is 4.33. The first-order valence-electron chi connectivity index (χ1n) is 11.0. The lowest BCUT2D eigenvalue weighted by Crippen LogP contribution is -2.48. The largest absolute Gasteiger partial charge is 0.340 e. The number of amides is 1. The Kier molecular flexibility index (Phi) is 5.64. The molecule has 0 saturated carbocycles.